The summed E-state index contributed by atoms with van der Waals surface area (Å²) in [7, 11) is 0. The van der Waals surface area contributed by atoms with Gasteiger partial charge >= 0.3 is 0 Å². The third kappa shape index (κ3) is 4.04. The third-order valence-electron chi connectivity index (χ3n) is 3.40. The van der Waals surface area contributed by atoms with E-state index in [0.29, 0.717) is 5.92 Å². The van der Waals surface area contributed by atoms with Crippen LogP contribution in [0, 0.1) is 12.8 Å². The number of pyridine rings is 2. The smallest absolute Gasteiger partial charge is 0.257 e. The minimum absolute atomic E-state index is 0.128. The summed E-state index contributed by atoms with van der Waals surface area (Å²) < 4.78 is 0. The molecule has 1 amide bonds. The lowest BCUT2D eigenvalue weighted by molar-refractivity contribution is 0.0930. The Bertz CT molecular complexity index is 693. The molecule has 0 fully saturated rings. The summed E-state index contributed by atoms with van der Waals surface area (Å²) in [5, 5.41) is 2.94. The van der Waals surface area contributed by atoms with Crippen molar-refractivity contribution in [3.63, 3.8) is 0 Å². The Morgan fingerprint density at radius 3 is 2.77 bits per heavy atom. The van der Waals surface area contributed by atoms with E-state index in [-0.39, 0.29) is 22.9 Å². The fourth-order valence-electron chi connectivity index (χ4n) is 2.32. The van der Waals surface area contributed by atoms with Gasteiger partial charge in [-0.1, -0.05) is 19.9 Å². The van der Waals surface area contributed by atoms with Gasteiger partial charge in [-0.25, -0.2) is 0 Å². The van der Waals surface area contributed by atoms with Crippen molar-refractivity contribution in [3.8, 4) is 0 Å². The van der Waals surface area contributed by atoms with E-state index in [1.807, 2.05) is 12.1 Å². The van der Waals surface area contributed by atoms with Crippen LogP contribution in [0.15, 0.2) is 41.6 Å². The topological polar surface area (TPSA) is 74.8 Å². The van der Waals surface area contributed by atoms with Crippen LogP contribution in [0.5, 0.6) is 0 Å². The molecular formula is C17H21N3O2. The quantitative estimate of drug-likeness (QED) is 0.891. The first-order valence-electron chi connectivity index (χ1n) is 7.37. The molecule has 2 aromatic rings. The van der Waals surface area contributed by atoms with Crippen molar-refractivity contribution in [2.45, 2.75) is 33.2 Å². The van der Waals surface area contributed by atoms with Crippen LogP contribution in [0.25, 0.3) is 0 Å². The highest BCUT2D eigenvalue weighted by molar-refractivity contribution is 5.94. The van der Waals surface area contributed by atoms with Gasteiger partial charge in [0.05, 0.1) is 6.04 Å². The highest BCUT2D eigenvalue weighted by Crippen LogP contribution is 2.20. The molecule has 0 aliphatic carbocycles. The molecule has 0 unspecified atom stereocenters. The Labute approximate surface area is 129 Å². The second-order valence-electron chi connectivity index (χ2n) is 5.84. The number of aromatic amines is 1. The molecule has 5 heteroatoms. The zero-order valence-corrected chi connectivity index (χ0v) is 13.1. The summed E-state index contributed by atoms with van der Waals surface area (Å²) in [5.41, 5.74) is 1.52. The molecular weight excluding hydrogens is 278 g/mol. The summed E-state index contributed by atoms with van der Waals surface area (Å²) >= 11 is 0. The van der Waals surface area contributed by atoms with E-state index in [9.17, 15) is 9.59 Å². The van der Waals surface area contributed by atoms with Gasteiger partial charge < -0.3 is 10.3 Å². The number of H-pyrrole nitrogens is 1. The van der Waals surface area contributed by atoms with E-state index in [2.05, 4.69) is 29.1 Å². The second-order valence-corrected chi connectivity index (χ2v) is 5.84. The number of hydrogen-bond donors (Lipinski definition) is 2. The van der Waals surface area contributed by atoms with Crippen LogP contribution < -0.4 is 10.7 Å². The Kier molecular flexibility index (Phi) is 5.09. The number of rotatable bonds is 5. The zero-order valence-electron chi connectivity index (χ0n) is 13.1. The molecule has 0 radical (unpaired) electrons. The molecule has 0 aliphatic rings. The molecule has 0 bridgehead atoms. The first kappa shape index (κ1) is 15.9. The summed E-state index contributed by atoms with van der Waals surface area (Å²) in [4.78, 5) is 31.3. The number of hydrogen-bond acceptors (Lipinski definition) is 3. The van der Waals surface area contributed by atoms with Crippen LogP contribution in [0.4, 0.5) is 0 Å². The van der Waals surface area contributed by atoms with Gasteiger partial charge in [0.15, 0.2) is 5.43 Å². The van der Waals surface area contributed by atoms with Crippen molar-refractivity contribution < 1.29 is 4.79 Å². The highest BCUT2D eigenvalue weighted by Gasteiger charge is 2.19. The van der Waals surface area contributed by atoms with E-state index >= 15 is 0 Å². The third-order valence-corrected chi connectivity index (χ3v) is 3.40. The van der Waals surface area contributed by atoms with E-state index in [0.717, 1.165) is 17.7 Å². The summed E-state index contributed by atoms with van der Waals surface area (Å²) in [6.45, 7) is 5.96. The molecule has 2 aromatic heterocycles. The lowest BCUT2D eigenvalue weighted by atomic mass is 9.98. The number of nitrogens with zero attached hydrogens (tertiary/aromatic N) is 1. The zero-order chi connectivity index (χ0) is 16.1. The number of amides is 1. The van der Waals surface area contributed by atoms with Crippen molar-refractivity contribution in [3.05, 3.63) is 63.8 Å². The minimum atomic E-state index is -0.365. The number of carbonyl (C=O) groups excluding carboxylic acids is 1. The highest BCUT2D eigenvalue weighted by atomic mass is 16.2. The van der Waals surface area contributed by atoms with Crippen molar-refractivity contribution in [2.75, 3.05) is 0 Å². The molecule has 0 saturated carbocycles. The summed E-state index contributed by atoms with van der Waals surface area (Å²) in [5.74, 6) is 0.0394. The van der Waals surface area contributed by atoms with Gasteiger partial charge in [-0.3, -0.25) is 14.6 Å². The average molecular weight is 299 g/mol. The number of nitrogens with one attached hydrogen (secondary N) is 2. The summed E-state index contributed by atoms with van der Waals surface area (Å²) in [6, 6.07) is 5.03. The first-order chi connectivity index (χ1) is 10.5. The molecule has 22 heavy (non-hydrogen) atoms. The fraction of sp³-hybridized carbons (Fsp3) is 0.353. The maximum atomic E-state index is 12.4. The lowest BCUT2D eigenvalue weighted by Gasteiger charge is -2.20. The maximum absolute atomic E-state index is 12.4. The normalized spacial score (nSPS) is 12.2. The molecule has 2 N–H and O–H groups in total. The number of carbonyl (C=O) groups is 1. The maximum Gasteiger partial charge on any atom is 0.257 e. The van der Waals surface area contributed by atoms with Gasteiger partial charge in [-0.15, -0.1) is 0 Å². The van der Waals surface area contributed by atoms with E-state index < -0.39 is 0 Å². The van der Waals surface area contributed by atoms with Crippen LogP contribution in [-0.4, -0.2) is 15.9 Å². The molecule has 0 saturated heterocycles. The Hall–Kier alpha value is -2.43. The Balaban J connectivity index is 2.23. The molecule has 0 spiro atoms. The van der Waals surface area contributed by atoms with Crippen molar-refractivity contribution in [1.29, 1.82) is 0 Å². The summed E-state index contributed by atoms with van der Waals surface area (Å²) in [6.07, 6.45) is 5.68. The van der Waals surface area contributed by atoms with Crippen LogP contribution in [0.1, 0.15) is 47.9 Å². The van der Waals surface area contributed by atoms with E-state index in [4.69, 9.17) is 0 Å². The molecule has 1 atom stereocenters. The first-order valence-corrected chi connectivity index (χ1v) is 7.37. The predicted octanol–water partition coefficient (Wildman–Crippen LogP) is 2.60. The van der Waals surface area contributed by atoms with Crippen molar-refractivity contribution in [1.82, 2.24) is 15.3 Å². The van der Waals surface area contributed by atoms with Crippen molar-refractivity contribution >= 4 is 5.91 Å². The van der Waals surface area contributed by atoms with Crippen LogP contribution in [-0.2, 0) is 0 Å². The SMILES string of the molecule is Cc1cc(=O)c(C(=O)N[C@H](CC(C)C)c2cccnc2)c[nH]1. The molecule has 0 aromatic carbocycles. The molecule has 2 rings (SSSR count). The van der Waals surface area contributed by atoms with E-state index in [1.165, 1.54) is 12.3 Å². The van der Waals surface area contributed by atoms with Gasteiger partial charge in [0.2, 0.25) is 0 Å². The second kappa shape index (κ2) is 7.02. The monoisotopic (exact) mass is 299 g/mol. The Morgan fingerprint density at radius 2 is 2.18 bits per heavy atom. The molecule has 0 aliphatic heterocycles. The molecule has 116 valence electrons. The standard InChI is InChI=1S/C17H21N3O2/c1-11(2)7-15(13-5-4-6-18-9-13)20-17(22)14-10-19-12(3)8-16(14)21/h4-6,8-11,15H,7H2,1-3H3,(H,19,21)(H,20,22)/t15-/m1/s1. The van der Waals surface area contributed by atoms with Gasteiger partial charge in [-0.05, 0) is 30.9 Å². The van der Waals surface area contributed by atoms with Crippen LogP contribution >= 0.6 is 0 Å². The minimum Gasteiger partial charge on any atom is -0.364 e. The van der Waals surface area contributed by atoms with E-state index in [1.54, 1.807) is 19.3 Å². The molecule has 2 heterocycles. The van der Waals surface area contributed by atoms with Crippen molar-refractivity contribution in [2.24, 2.45) is 5.92 Å². The largest absolute Gasteiger partial charge is 0.364 e. The van der Waals surface area contributed by atoms with Gasteiger partial charge in [0, 0.05) is 30.4 Å². The van der Waals surface area contributed by atoms with Gasteiger partial charge in [0.25, 0.3) is 5.91 Å². The van der Waals surface area contributed by atoms with Crippen LogP contribution in [0.2, 0.25) is 0 Å². The Morgan fingerprint density at radius 1 is 1.41 bits per heavy atom. The number of aromatic nitrogens is 2. The number of aryl methyl sites for hydroxylation is 1. The predicted molar refractivity (Wildman–Crippen MR) is 85.7 cm³/mol. The lowest BCUT2D eigenvalue weighted by Crippen LogP contribution is -2.33. The fourth-order valence-corrected chi connectivity index (χ4v) is 2.32. The molecule has 5 nitrogen and oxygen atoms in total. The van der Waals surface area contributed by atoms with Gasteiger partial charge in [-0.2, -0.15) is 0 Å². The van der Waals surface area contributed by atoms with Gasteiger partial charge in [0.1, 0.15) is 5.56 Å². The van der Waals surface area contributed by atoms with Crippen LogP contribution in [0.3, 0.4) is 0 Å². The average Bonchev–Trinajstić information content (AvgIpc) is 2.46.